The Morgan fingerprint density at radius 2 is 2.19 bits per heavy atom. The highest BCUT2D eigenvalue weighted by Gasteiger charge is 2.21. The molecule has 0 amide bonds. The van der Waals surface area contributed by atoms with Crippen molar-refractivity contribution in [1.29, 1.82) is 0 Å². The standard InChI is InChI=1S/C11H14N2O2S/c1-8-2-3-10(12)11(6-8)13-9-4-5-16(14,15)7-9/h2-6,9,13H,7,12H2,1H3. The third-order valence-corrected chi connectivity index (χ3v) is 3.88. The number of hydrogen-bond acceptors (Lipinski definition) is 4. The fourth-order valence-corrected chi connectivity index (χ4v) is 2.90. The van der Waals surface area contributed by atoms with Gasteiger partial charge < -0.3 is 11.1 Å². The Labute approximate surface area is 95.1 Å². The Hall–Kier alpha value is -1.49. The normalized spacial score (nSPS) is 22.2. The summed E-state index contributed by atoms with van der Waals surface area (Å²) in [5.74, 6) is 0.0976. The SMILES string of the molecule is Cc1ccc(N)c(NC2C=CS(=O)(=O)C2)c1. The van der Waals surface area contributed by atoms with Crippen LogP contribution in [0.4, 0.5) is 11.4 Å². The number of nitrogen functional groups attached to an aromatic ring is 1. The molecule has 3 N–H and O–H groups in total. The van der Waals surface area contributed by atoms with Crippen LogP contribution in [0.25, 0.3) is 0 Å². The largest absolute Gasteiger partial charge is 0.397 e. The Morgan fingerprint density at radius 3 is 2.81 bits per heavy atom. The number of sulfone groups is 1. The lowest BCUT2D eigenvalue weighted by atomic mass is 10.2. The maximum atomic E-state index is 11.2. The van der Waals surface area contributed by atoms with Crippen LogP contribution in [0, 0.1) is 6.92 Å². The molecule has 0 aliphatic carbocycles. The summed E-state index contributed by atoms with van der Waals surface area (Å²) in [6, 6.07) is 5.45. The summed E-state index contributed by atoms with van der Waals surface area (Å²) < 4.78 is 22.4. The number of nitrogens with one attached hydrogen (secondary N) is 1. The van der Waals surface area contributed by atoms with Crippen molar-refractivity contribution in [1.82, 2.24) is 0 Å². The van der Waals surface area contributed by atoms with Gasteiger partial charge in [-0.3, -0.25) is 0 Å². The average Bonchev–Trinajstić information content (AvgIpc) is 2.52. The van der Waals surface area contributed by atoms with Crippen molar-refractivity contribution in [3.05, 3.63) is 35.2 Å². The van der Waals surface area contributed by atoms with Gasteiger partial charge in [-0.2, -0.15) is 0 Å². The zero-order valence-corrected chi connectivity index (χ0v) is 9.79. The van der Waals surface area contributed by atoms with Crippen molar-refractivity contribution in [2.75, 3.05) is 16.8 Å². The van der Waals surface area contributed by atoms with Crippen molar-refractivity contribution >= 4 is 21.2 Å². The summed E-state index contributed by atoms with van der Waals surface area (Å²) >= 11 is 0. The van der Waals surface area contributed by atoms with Crippen molar-refractivity contribution in [3.8, 4) is 0 Å². The van der Waals surface area contributed by atoms with Gasteiger partial charge in [0.05, 0.1) is 23.2 Å². The third kappa shape index (κ3) is 2.36. The smallest absolute Gasteiger partial charge is 0.173 e. The van der Waals surface area contributed by atoms with E-state index in [0.29, 0.717) is 5.69 Å². The number of rotatable bonds is 2. The van der Waals surface area contributed by atoms with Crippen LogP contribution in [-0.4, -0.2) is 20.2 Å². The zero-order valence-electron chi connectivity index (χ0n) is 8.97. The van der Waals surface area contributed by atoms with E-state index in [1.807, 2.05) is 25.1 Å². The molecule has 0 bridgehead atoms. The van der Waals surface area contributed by atoms with Crippen LogP contribution in [0.5, 0.6) is 0 Å². The summed E-state index contributed by atoms with van der Waals surface area (Å²) in [6.45, 7) is 1.96. The number of nitrogens with two attached hydrogens (primary N) is 1. The molecule has 0 fully saturated rings. The van der Waals surface area contributed by atoms with E-state index in [9.17, 15) is 8.42 Å². The van der Waals surface area contributed by atoms with Crippen LogP contribution in [0.1, 0.15) is 5.56 Å². The van der Waals surface area contributed by atoms with E-state index in [-0.39, 0.29) is 11.8 Å². The number of anilines is 2. The average molecular weight is 238 g/mol. The lowest BCUT2D eigenvalue weighted by molar-refractivity contribution is 0.605. The topological polar surface area (TPSA) is 72.2 Å². The fraction of sp³-hybridized carbons (Fsp3) is 0.273. The van der Waals surface area contributed by atoms with Crippen LogP contribution in [-0.2, 0) is 9.84 Å². The maximum absolute atomic E-state index is 11.2. The first-order valence-corrected chi connectivity index (χ1v) is 6.71. The van der Waals surface area contributed by atoms with Gasteiger partial charge in [-0.15, -0.1) is 0 Å². The predicted molar refractivity (Wildman–Crippen MR) is 65.9 cm³/mol. The Kier molecular flexibility index (Phi) is 2.63. The highest BCUT2D eigenvalue weighted by Crippen LogP contribution is 2.22. The quantitative estimate of drug-likeness (QED) is 0.762. The second kappa shape index (κ2) is 3.83. The molecule has 2 rings (SSSR count). The van der Waals surface area contributed by atoms with Gasteiger partial charge in [-0.1, -0.05) is 12.1 Å². The molecule has 5 heteroatoms. The van der Waals surface area contributed by atoms with Gasteiger partial charge in [0.2, 0.25) is 0 Å². The van der Waals surface area contributed by atoms with E-state index >= 15 is 0 Å². The van der Waals surface area contributed by atoms with E-state index in [4.69, 9.17) is 5.73 Å². The highest BCUT2D eigenvalue weighted by atomic mass is 32.2. The Morgan fingerprint density at radius 1 is 1.44 bits per heavy atom. The summed E-state index contributed by atoms with van der Waals surface area (Å²) in [5.41, 5.74) is 8.30. The second-order valence-corrected chi connectivity index (χ2v) is 5.93. The van der Waals surface area contributed by atoms with Gasteiger partial charge in [-0.05, 0) is 24.6 Å². The molecule has 0 radical (unpaired) electrons. The van der Waals surface area contributed by atoms with E-state index in [0.717, 1.165) is 11.3 Å². The Balaban J connectivity index is 2.17. The summed E-state index contributed by atoms with van der Waals surface area (Å²) in [7, 11) is -3.02. The van der Waals surface area contributed by atoms with E-state index in [1.54, 1.807) is 6.08 Å². The lowest BCUT2D eigenvalue weighted by Gasteiger charge is -2.14. The molecule has 16 heavy (non-hydrogen) atoms. The minimum absolute atomic E-state index is 0.0976. The lowest BCUT2D eigenvalue weighted by Crippen LogP contribution is -2.21. The molecular formula is C11H14N2O2S. The van der Waals surface area contributed by atoms with E-state index < -0.39 is 9.84 Å². The van der Waals surface area contributed by atoms with Crippen molar-refractivity contribution in [2.24, 2.45) is 0 Å². The molecular weight excluding hydrogens is 224 g/mol. The van der Waals surface area contributed by atoms with Gasteiger partial charge in [-0.25, -0.2) is 8.42 Å². The van der Waals surface area contributed by atoms with Crippen LogP contribution < -0.4 is 11.1 Å². The molecule has 0 aromatic heterocycles. The van der Waals surface area contributed by atoms with Gasteiger partial charge in [0.25, 0.3) is 0 Å². The highest BCUT2D eigenvalue weighted by molar-refractivity contribution is 7.94. The Bertz CT molecular complexity index is 535. The molecule has 0 saturated carbocycles. The predicted octanol–water partition coefficient (Wildman–Crippen LogP) is 1.30. The van der Waals surface area contributed by atoms with Gasteiger partial charge in [0, 0.05) is 5.41 Å². The number of hydrogen-bond donors (Lipinski definition) is 2. The molecule has 4 nitrogen and oxygen atoms in total. The zero-order chi connectivity index (χ0) is 11.8. The fourth-order valence-electron chi connectivity index (χ4n) is 1.66. The van der Waals surface area contributed by atoms with E-state index in [2.05, 4.69) is 5.32 Å². The first-order valence-electron chi connectivity index (χ1n) is 5.00. The molecule has 86 valence electrons. The van der Waals surface area contributed by atoms with Crippen LogP contribution in [0.3, 0.4) is 0 Å². The summed E-state index contributed by atoms with van der Waals surface area (Å²) in [4.78, 5) is 0. The minimum atomic E-state index is -3.02. The summed E-state index contributed by atoms with van der Waals surface area (Å²) in [6.07, 6.45) is 1.65. The minimum Gasteiger partial charge on any atom is -0.397 e. The first kappa shape index (κ1) is 11.0. The number of benzene rings is 1. The molecule has 0 spiro atoms. The molecule has 1 aliphatic heterocycles. The first-order chi connectivity index (χ1) is 7.46. The molecule has 1 heterocycles. The van der Waals surface area contributed by atoms with Crippen LogP contribution in [0.15, 0.2) is 29.7 Å². The molecule has 1 aromatic carbocycles. The molecule has 1 unspecified atom stereocenters. The van der Waals surface area contributed by atoms with Gasteiger partial charge >= 0.3 is 0 Å². The molecule has 0 saturated heterocycles. The van der Waals surface area contributed by atoms with Crippen molar-refractivity contribution < 1.29 is 8.42 Å². The monoisotopic (exact) mass is 238 g/mol. The molecule has 1 aliphatic rings. The molecule has 1 atom stereocenters. The third-order valence-electron chi connectivity index (χ3n) is 2.48. The second-order valence-electron chi connectivity index (χ2n) is 4.00. The van der Waals surface area contributed by atoms with Crippen LogP contribution in [0.2, 0.25) is 0 Å². The maximum Gasteiger partial charge on any atom is 0.173 e. The summed E-state index contributed by atoms with van der Waals surface area (Å²) in [5, 5.41) is 4.36. The number of aryl methyl sites for hydroxylation is 1. The van der Waals surface area contributed by atoms with E-state index in [1.165, 1.54) is 5.41 Å². The molecule has 1 aromatic rings. The van der Waals surface area contributed by atoms with Crippen molar-refractivity contribution in [3.63, 3.8) is 0 Å². The van der Waals surface area contributed by atoms with Gasteiger partial charge in [0.1, 0.15) is 0 Å². The van der Waals surface area contributed by atoms with Crippen molar-refractivity contribution in [2.45, 2.75) is 13.0 Å². The van der Waals surface area contributed by atoms with Gasteiger partial charge in [0.15, 0.2) is 9.84 Å². The van der Waals surface area contributed by atoms with Crippen LogP contribution >= 0.6 is 0 Å².